The van der Waals surface area contributed by atoms with Crippen LogP contribution >= 0.6 is 0 Å². The zero-order valence-electron chi connectivity index (χ0n) is 12.0. The van der Waals surface area contributed by atoms with Crippen molar-refractivity contribution < 1.29 is 18.3 Å². The molecule has 2 aromatic carbocycles. The van der Waals surface area contributed by atoms with Gasteiger partial charge in [0.25, 0.3) is 0 Å². The van der Waals surface area contributed by atoms with Gasteiger partial charge in [0.2, 0.25) is 0 Å². The van der Waals surface area contributed by atoms with Gasteiger partial charge in [0, 0.05) is 0 Å². The summed E-state index contributed by atoms with van der Waals surface area (Å²) in [6.07, 6.45) is -1.09. The third-order valence-electron chi connectivity index (χ3n) is 3.20. The molecule has 5 heteroatoms. The van der Waals surface area contributed by atoms with Crippen LogP contribution in [-0.4, -0.2) is 26.4 Å². The summed E-state index contributed by atoms with van der Waals surface area (Å²) < 4.78 is 29.7. The molecule has 0 aliphatic carbocycles. The van der Waals surface area contributed by atoms with Gasteiger partial charge in [-0.25, -0.2) is 8.42 Å². The second kappa shape index (κ2) is 6.28. The zero-order valence-corrected chi connectivity index (χ0v) is 12.8. The van der Waals surface area contributed by atoms with Gasteiger partial charge in [0.1, 0.15) is 5.75 Å². The monoisotopic (exact) mass is 306 g/mol. The Hall–Kier alpha value is -1.85. The van der Waals surface area contributed by atoms with Crippen LogP contribution in [0.2, 0.25) is 0 Å². The zero-order chi connectivity index (χ0) is 15.5. The lowest BCUT2D eigenvalue weighted by Crippen LogP contribution is -2.15. The van der Waals surface area contributed by atoms with Crippen molar-refractivity contribution in [2.75, 3.05) is 12.9 Å². The van der Waals surface area contributed by atoms with E-state index in [0.717, 1.165) is 5.56 Å². The van der Waals surface area contributed by atoms with Crippen molar-refractivity contribution in [1.82, 2.24) is 0 Å². The molecule has 1 N–H and O–H groups in total. The lowest BCUT2D eigenvalue weighted by Gasteiger charge is -2.13. The third-order valence-corrected chi connectivity index (χ3v) is 4.93. The van der Waals surface area contributed by atoms with E-state index < -0.39 is 15.9 Å². The minimum absolute atomic E-state index is 0.226. The summed E-state index contributed by atoms with van der Waals surface area (Å²) in [6, 6.07) is 13.4. The van der Waals surface area contributed by atoms with Gasteiger partial charge in [-0.05, 0) is 42.3 Å². The van der Waals surface area contributed by atoms with Gasteiger partial charge in [0.05, 0.1) is 23.9 Å². The fourth-order valence-electron chi connectivity index (χ4n) is 2.06. The topological polar surface area (TPSA) is 63.6 Å². The van der Waals surface area contributed by atoms with E-state index >= 15 is 0 Å². The molecule has 0 spiro atoms. The van der Waals surface area contributed by atoms with E-state index in [1.165, 1.54) is 7.11 Å². The molecule has 0 saturated carbocycles. The summed E-state index contributed by atoms with van der Waals surface area (Å²) in [7, 11) is -2.02. The van der Waals surface area contributed by atoms with E-state index in [4.69, 9.17) is 4.74 Å². The van der Waals surface area contributed by atoms with Crippen LogP contribution in [0.4, 0.5) is 0 Å². The molecular formula is C16H18O4S. The number of benzene rings is 2. The molecule has 21 heavy (non-hydrogen) atoms. The van der Waals surface area contributed by atoms with Crippen molar-refractivity contribution in [1.29, 1.82) is 0 Å². The summed E-state index contributed by atoms with van der Waals surface area (Å²) in [5.74, 6) is 0.225. The Bertz CT molecular complexity index is 723. The third kappa shape index (κ3) is 3.83. The number of hydrogen-bond donors (Lipinski definition) is 1. The van der Waals surface area contributed by atoms with Crippen LogP contribution in [0.1, 0.15) is 17.2 Å². The first-order valence-electron chi connectivity index (χ1n) is 6.54. The number of aliphatic hydroxyl groups is 1. The Kier molecular flexibility index (Phi) is 4.65. The molecule has 0 aliphatic heterocycles. The maximum absolute atomic E-state index is 12.3. The van der Waals surface area contributed by atoms with Gasteiger partial charge in [-0.3, -0.25) is 0 Å². The molecule has 2 rings (SSSR count). The minimum Gasteiger partial charge on any atom is -0.497 e. The van der Waals surface area contributed by atoms with E-state index in [1.807, 2.05) is 13.0 Å². The molecule has 0 aromatic heterocycles. The maximum atomic E-state index is 12.3. The Morgan fingerprint density at radius 1 is 1.14 bits per heavy atom. The largest absolute Gasteiger partial charge is 0.497 e. The van der Waals surface area contributed by atoms with Crippen LogP contribution in [0.5, 0.6) is 5.75 Å². The lowest BCUT2D eigenvalue weighted by molar-refractivity contribution is 0.201. The van der Waals surface area contributed by atoms with Gasteiger partial charge in [0.15, 0.2) is 9.84 Å². The van der Waals surface area contributed by atoms with Crippen molar-refractivity contribution in [3.63, 3.8) is 0 Å². The normalized spacial score (nSPS) is 12.9. The van der Waals surface area contributed by atoms with Crippen molar-refractivity contribution in [3.8, 4) is 5.75 Å². The quantitative estimate of drug-likeness (QED) is 0.922. The average Bonchev–Trinajstić information content (AvgIpc) is 2.47. The Morgan fingerprint density at radius 2 is 1.86 bits per heavy atom. The highest BCUT2D eigenvalue weighted by molar-refractivity contribution is 7.91. The number of hydrogen-bond acceptors (Lipinski definition) is 4. The molecule has 4 nitrogen and oxygen atoms in total. The fraction of sp³-hybridized carbons (Fsp3) is 0.250. The van der Waals surface area contributed by atoms with E-state index in [2.05, 4.69) is 0 Å². The van der Waals surface area contributed by atoms with Crippen LogP contribution in [0.25, 0.3) is 0 Å². The predicted molar refractivity (Wildman–Crippen MR) is 81.2 cm³/mol. The summed E-state index contributed by atoms with van der Waals surface area (Å²) in [5, 5.41) is 10.2. The number of sulfone groups is 1. The van der Waals surface area contributed by atoms with Gasteiger partial charge in [-0.1, -0.05) is 24.3 Å². The summed E-state index contributed by atoms with van der Waals surface area (Å²) in [5.41, 5.74) is 1.39. The number of ether oxygens (including phenoxy) is 1. The SMILES string of the molecule is COc1cccc(C(O)CS(=O)(=O)c2cccc(C)c2)c1. The molecule has 1 unspecified atom stereocenters. The van der Waals surface area contributed by atoms with Crippen molar-refractivity contribution in [2.45, 2.75) is 17.9 Å². The molecule has 0 saturated heterocycles. The number of aliphatic hydroxyl groups excluding tert-OH is 1. The molecule has 0 radical (unpaired) electrons. The molecule has 1 atom stereocenters. The second-order valence-electron chi connectivity index (χ2n) is 4.89. The highest BCUT2D eigenvalue weighted by Gasteiger charge is 2.21. The fourth-order valence-corrected chi connectivity index (χ4v) is 3.51. The maximum Gasteiger partial charge on any atom is 0.181 e. The molecular weight excluding hydrogens is 288 g/mol. The first-order valence-corrected chi connectivity index (χ1v) is 8.19. The first-order chi connectivity index (χ1) is 9.92. The highest BCUT2D eigenvalue weighted by atomic mass is 32.2. The molecule has 2 aromatic rings. The molecule has 112 valence electrons. The molecule has 0 aliphatic rings. The Balaban J connectivity index is 2.23. The predicted octanol–water partition coefficient (Wildman–Crippen LogP) is 2.51. The van der Waals surface area contributed by atoms with Crippen molar-refractivity contribution in [2.24, 2.45) is 0 Å². The second-order valence-corrected chi connectivity index (χ2v) is 6.92. The Labute approximate surface area is 124 Å². The van der Waals surface area contributed by atoms with Crippen LogP contribution in [0, 0.1) is 6.92 Å². The average molecular weight is 306 g/mol. The standard InChI is InChI=1S/C16H18O4S/c1-12-5-3-8-15(9-12)21(18,19)11-16(17)13-6-4-7-14(10-13)20-2/h3-10,16-17H,11H2,1-2H3. The minimum atomic E-state index is -3.54. The molecule has 0 amide bonds. The van der Waals surface area contributed by atoms with Gasteiger partial charge in [-0.2, -0.15) is 0 Å². The molecule has 0 bridgehead atoms. The van der Waals surface area contributed by atoms with E-state index in [1.54, 1.807) is 42.5 Å². The summed E-state index contributed by atoms with van der Waals surface area (Å²) >= 11 is 0. The Morgan fingerprint density at radius 3 is 2.52 bits per heavy atom. The van der Waals surface area contributed by atoms with Crippen LogP contribution in [0.3, 0.4) is 0 Å². The van der Waals surface area contributed by atoms with Gasteiger partial charge < -0.3 is 9.84 Å². The van der Waals surface area contributed by atoms with Crippen LogP contribution in [0.15, 0.2) is 53.4 Å². The van der Waals surface area contributed by atoms with Crippen LogP contribution < -0.4 is 4.74 Å². The van der Waals surface area contributed by atoms with E-state index in [-0.39, 0.29) is 10.6 Å². The van der Waals surface area contributed by atoms with Gasteiger partial charge in [-0.15, -0.1) is 0 Å². The smallest absolute Gasteiger partial charge is 0.181 e. The van der Waals surface area contributed by atoms with Crippen molar-refractivity contribution >= 4 is 9.84 Å². The number of methoxy groups -OCH3 is 1. The van der Waals surface area contributed by atoms with Crippen LogP contribution in [-0.2, 0) is 9.84 Å². The van der Waals surface area contributed by atoms with E-state index in [9.17, 15) is 13.5 Å². The van der Waals surface area contributed by atoms with Gasteiger partial charge >= 0.3 is 0 Å². The summed E-state index contributed by atoms with van der Waals surface area (Å²) in [4.78, 5) is 0.226. The number of aryl methyl sites for hydroxylation is 1. The summed E-state index contributed by atoms with van der Waals surface area (Å²) in [6.45, 7) is 1.83. The highest BCUT2D eigenvalue weighted by Crippen LogP contribution is 2.23. The van der Waals surface area contributed by atoms with E-state index in [0.29, 0.717) is 11.3 Å². The first kappa shape index (κ1) is 15.5. The van der Waals surface area contributed by atoms with Crippen molar-refractivity contribution in [3.05, 3.63) is 59.7 Å². The molecule has 0 heterocycles. The lowest BCUT2D eigenvalue weighted by atomic mass is 10.1. The number of rotatable bonds is 5. The molecule has 0 fully saturated rings.